The van der Waals surface area contributed by atoms with E-state index in [0.29, 0.717) is 6.54 Å². The van der Waals surface area contributed by atoms with Crippen molar-refractivity contribution in [1.29, 1.82) is 0 Å². The first-order chi connectivity index (χ1) is 8.31. The molecule has 0 atom stereocenters. The van der Waals surface area contributed by atoms with Crippen molar-refractivity contribution in [2.75, 3.05) is 7.11 Å². The Morgan fingerprint density at radius 2 is 2.29 bits per heavy atom. The Morgan fingerprint density at radius 3 is 3.00 bits per heavy atom. The summed E-state index contributed by atoms with van der Waals surface area (Å²) in [6.45, 7) is 1.41. The first-order valence-electron chi connectivity index (χ1n) is 5.21. The van der Waals surface area contributed by atoms with Gasteiger partial charge in [-0.25, -0.2) is 4.98 Å². The molecule has 0 aliphatic heterocycles. The molecule has 0 bridgehead atoms. The van der Waals surface area contributed by atoms with Gasteiger partial charge in [-0.3, -0.25) is 0 Å². The van der Waals surface area contributed by atoms with E-state index in [9.17, 15) is 0 Å². The zero-order valence-electron chi connectivity index (χ0n) is 9.44. The Hall–Kier alpha value is -1.10. The molecule has 0 saturated carbocycles. The maximum Gasteiger partial charge on any atom is 0.124 e. The monoisotopic (exact) mass is 268 g/mol. The van der Waals surface area contributed by atoms with Crippen LogP contribution in [-0.4, -0.2) is 12.1 Å². The molecule has 0 amide bonds. The summed E-state index contributed by atoms with van der Waals surface area (Å²) < 4.78 is 5.28. The molecule has 1 N–H and O–H groups in total. The summed E-state index contributed by atoms with van der Waals surface area (Å²) in [5.74, 6) is 0.809. The van der Waals surface area contributed by atoms with Crippen LogP contribution in [-0.2, 0) is 13.1 Å². The fourth-order valence-electron chi connectivity index (χ4n) is 1.54. The Morgan fingerprint density at radius 1 is 1.41 bits per heavy atom. The smallest absolute Gasteiger partial charge is 0.124 e. The van der Waals surface area contributed by atoms with E-state index in [2.05, 4.69) is 10.3 Å². The van der Waals surface area contributed by atoms with Gasteiger partial charge in [-0.05, 0) is 12.1 Å². The number of benzene rings is 1. The highest BCUT2D eigenvalue weighted by molar-refractivity contribution is 7.09. The van der Waals surface area contributed by atoms with Gasteiger partial charge in [-0.2, -0.15) is 0 Å². The third-order valence-electron chi connectivity index (χ3n) is 2.36. The van der Waals surface area contributed by atoms with Crippen LogP contribution in [0.2, 0.25) is 5.02 Å². The van der Waals surface area contributed by atoms with E-state index < -0.39 is 0 Å². The van der Waals surface area contributed by atoms with E-state index in [0.717, 1.165) is 27.9 Å². The van der Waals surface area contributed by atoms with E-state index in [1.54, 1.807) is 24.6 Å². The van der Waals surface area contributed by atoms with Gasteiger partial charge in [0.2, 0.25) is 0 Å². The van der Waals surface area contributed by atoms with Crippen molar-refractivity contribution < 1.29 is 4.74 Å². The SMILES string of the molecule is COc1cccc(Cl)c1CNCc1nccs1. The summed E-state index contributed by atoms with van der Waals surface area (Å²) >= 11 is 7.77. The van der Waals surface area contributed by atoms with E-state index in [1.807, 2.05) is 23.6 Å². The first kappa shape index (κ1) is 12.4. The molecule has 1 heterocycles. The number of ether oxygens (including phenoxy) is 1. The molecule has 3 nitrogen and oxygen atoms in total. The molecule has 0 saturated heterocycles. The number of nitrogens with zero attached hydrogens (tertiary/aromatic N) is 1. The molecule has 5 heteroatoms. The van der Waals surface area contributed by atoms with Crippen LogP contribution >= 0.6 is 22.9 Å². The van der Waals surface area contributed by atoms with E-state index in [-0.39, 0.29) is 0 Å². The first-order valence-corrected chi connectivity index (χ1v) is 6.47. The largest absolute Gasteiger partial charge is 0.496 e. The molecule has 0 spiro atoms. The minimum atomic E-state index is 0.669. The van der Waals surface area contributed by atoms with Crippen LogP contribution in [0, 0.1) is 0 Å². The number of rotatable bonds is 5. The summed E-state index contributed by atoms with van der Waals surface area (Å²) in [6.07, 6.45) is 1.80. The number of thiazole rings is 1. The molecule has 0 fully saturated rings. The highest BCUT2D eigenvalue weighted by Crippen LogP contribution is 2.25. The van der Waals surface area contributed by atoms with Crippen molar-refractivity contribution in [2.24, 2.45) is 0 Å². The maximum atomic E-state index is 6.14. The van der Waals surface area contributed by atoms with Gasteiger partial charge >= 0.3 is 0 Å². The highest BCUT2D eigenvalue weighted by atomic mass is 35.5. The summed E-state index contributed by atoms with van der Waals surface area (Å²) in [4.78, 5) is 4.20. The minimum absolute atomic E-state index is 0.669. The molecule has 0 radical (unpaired) electrons. The predicted molar refractivity (Wildman–Crippen MR) is 70.7 cm³/mol. The van der Waals surface area contributed by atoms with Crippen LogP contribution in [0.1, 0.15) is 10.6 Å². The lowest BCUT2D eigenvalue weighted by Gasteiger charge is -2.10. The normalized spacial score (nSPS) is 10.5. The van der Waals surface area contributed by atoms with E-state index in [1.165, 1.54) is 0 Å². The lowest BCUT2D eigenvalue weighted by molar-refractivity contribution is 0.407. The van der Waals surface area contributed by atoms with Gasteiger partial charge in [0.15, 0.2) is 0 Å². The maximum absolute atomic E-state index is 6.14. The topological polar surface area (TPSA) is 34.1 Å². The molecule has 90 valence electrons. The number of methoxy groups -OCH3 is 1. The van der Waals surface area contributed by atoms with E-state index in [4.69, 9.17) is 16.3 Å². The summed E-state index contributed by atoms with van der Waals surface area (Å²) in [5.41, 5.74) is 0.980. The Bertz CT molecular complexity index is 473. The molecule has 0 aliphatic rings. The average molecular weight is 269 g/mol. The number of nitrogens with one attached hydrogen (secondary N) is 1. The number of hydrogen-bond donors (Lipinski definition) is 1. The van der Waals surface area contributed by atoms with Gasteiger partial charge in [-0.15, -0.1) is 11.3 Å². The Labute approximate surface area is 109 Å². The lowest BCUT2D eigenvalue weighted by Crippen LogP contribution is -2.13. The fraction of sp³-hybridized carbons (Fsp3) is 0.250. The molecule has 1 aromatic heterocycles. The second-order valence-electron chi connectivity index (χ2n) is 3.45. The van der Waals surface area contributed by atoms with Gasteiger partial charge in [0, 0.05) is 35.3 Å². The van der Waals surface area contributed by atoms with E-state index >= 15 is 0 Å². The third-order valence-corrected chi connectivity index (χ3v) is 3.49. The molecule has 2 rings (SSSR count). The summed E-state index contributed by atoms with van der Waals surface area (Å²) in [7, 11) is 1.65. The van der Waals surface area contributed by atoms with Crippen molar-refractivity contribution in [3.05, 3.63) is 45.4 Å². The van der Waals surface area contributed by atoms with Gasteiger partial charge < -0.3 is 10.1 Å². The van der Waals surface area contributed by atoms with Crippen LogP contribution < -0.4 is 10.1 Å². The van der Waals surface area contributed by atoms with Gasteiger partial charge in [0.05, 0.1) is 7.11 Å². The standard InChI is InChI=1S/C12H13ClN2OS/c1-16-11-4-2-3-10(13)9(11)7-14-8-12-15-5-6-17-12/h2-6,14H,7-8H2,1H3. The highest BCUT2D eigenvalue weighted by Gasteiger charge is 2.07. The molecular weight excluding hydrogens is 256 g/mol. The van der Waals surface area contributed by atoms with Crippen LogP contribution in [0.3, 0.4) is 0 Å². The van der Waals surface area contributed by atoms with Gasteiger partial charge in [0.1, 0.15) is 10.8 Å². The van der Waals surface area contributed by atoms with Crippen molar-refractivity contribution in [1.82, 2.24) is 10.3 Å². The van der Waals surface area contributed by atoms with Crippen molar-refractivity contribution in [3.63, 3.8) is 0 Å². The van der Waals surface area contributed by atoms with Crippen molar-refractivity contribution >= 4 is 22.9 Å². The summed E-state index contributed by atoms with van der Waals surface area (Å²) in [6, 6.07) is 5.66. The molecule has 2 aromatic rings. The summed E-state index contributed by atoms with van der Waals surface area (Å²) in [5, 5.41) is 7.05. The van der Waals surface area contributed by atoms with Crippen molar-refractivity contribution in [2.45, 2.75) is 13.1 Å². The zero-order chi connectivity index (χ0) is 12.1. The third kappa shape index (κ3) is 3.19. The molecular formula is C12H13ClN2OS. The number of halogens is 1. The Balaban J connectivity index is 1.98. The quantitative estimate of drug-likeness (QED) is 0.905. The second kappa shape index (κ2) is 6.00. The predicted octanol–water partition coefficient (Wildman–Crippen LogP) is 3.09. The van der Waals surface area contributed by atoms with Crippen LogP contribution in [0.15, 0.2) is 29.8 Å². The van der Waals surface area contributed by atoms with Gasteiger partial charge in [-0.1, -0.05) is 17.7 Å². The molecule has 0 unspecified atom stereocenters. The fourth-order valence-corrected chi connectivity index (χ4v) is 2.35. The zero-order valence-corrected chi connectivity index (χ0v) is 11.0. The Kier molecular flexibility index (Phi) is 4.36. The molecule has 1 aromatic carbocycles. The second-order valence-corrected chi connectivity index (χ2v) is 4.84. The van der Waals surface area contributed by atoms with Crippen LogP contribution in [0.4, 0.5) is 0 Å². The molecule has 17 heavy (non-hydrogen) atoms. The van der Waals surface area contributed by atoms with Crippen LogP contribution in [0.5, 0.6) is 5.75 Å². The molecule has 0 aliphatic carbocycles. The van der Waals surface area contributed by atoms with Crippen LogP contribution in [0.25, 0.3) is 0 Å². The minimum Gasteiger partial charge on any atom is -0.496 e. The number of hydrogen-bond acceptors (Lipinski definition) is 4. The number of aromatic nitrogens is 1. The average Bonchev–Trinajstić information content (AvgIpc) is 2.84. The van der Waals surface area contributed by atoms with Gasteiger partial charge in [0.25, 0.3) is 0 Å². The van der Waals surface area contributed by atoms with Crippen molar-refractivity contribution in [3.8, 4) is 5.75 Å². The lowest BCUT2D eigenvalue weighted by atomic mass is 10.2.